The highest BCUT2D eigenvalue weighted by atomic mass is 18.4. The topological polar surface area (TPSA) is 12.5 Å². The lowest BCUT2D eigenvalue weighted by atomic mass is 10.2. The SMILES string of the molecule is CCCC[C@@H]1[18O][C@@H]1C. The van der Waals surface area contributed by atoms with Gasteiger partial charge in [0.05, 0.1) is 12.2 Å². The fourth-order valence-corrected chi connectivity index (χ4v) is 0.938. The molecule has 1 aliphatic heterocycles. The Labute approximate surface area is 51.0 Å². The maximum absolute atomic E-state index is 5.22. The Morgan fingerprint density at radius 1 is 1.50 bits per heavy atom. The molecule has 2 atom stereocenters. The Bertz CT molecular complexity index is 70.8. The molecule has 8 heavy (non-hydrogen) atoms. The van der Waals surface area contributed by atoms with Gasteiger partial charge in [0, 0.05) is 0 Å². The van der Waals surface area contributed by atoms with Gasteiger partial charge in [-0.05, 0) is 13.3 Å². The summed E-state index contributed by atoms with van der Waals surface area (Å²) in [5, 5.41) is 0. The maximum atomic E-state index is 5.22. The van der Waals surface area contributed by atoms with E-state index in [-0.39, 0.29) is 0 Å². The van der Waals surface area contributed by atoms with Crippen molar-refractivity contribution in [1.29, 1.82) is 0 Å². The van der Waals surface area contributed by atoms with Gasteiger partial charge in [-0.15, -0.1) is 0 Å². The van der Waals surface area contributed by atoms with Crippen LogP contribution in [0.4, 0.5) is 0 Å². The fourth-order valence-electron chi connectivity index (χ4n) is 0.938. The van der Waals surface area contributed by atoms with E-state index in [4.69, 9.17) is 4.74 Å². The van der Waals surface area contributed by atoms with E-state index < -0.39 is 0 Å². The molecule has 1 fully saturated rings. The van der Waals surface area contributed by atoms with Crippen molar-refractivity contribution in [2.75, 3.05) is 0 Å². The Morgan fingerprint density at radius 3 is 2.50 bits per heavy atom. The normalized spacial score (nSPS) is 35.2. The van der Waals surface area contributed by atoms with Gasteiger partial charge in [0.15, 0.2) is 0 Å². The van der Waals surface area contributed by atoms with Gasteiger partial charge in [0.25, 0.3) is 0 Å². The van der Waals surface area contributed by atoms with Crippen LogP contribution in [0.2, 0.25) is 0 Å². The maximum Gasteiger partial charge on any atom is 0.0839 e. The average Bonchev–Trinajstić information content (AvgIpc) is 2.42. The minimum absolute atomic E-state index is 0.571. The molecule has 0 spiro atoms. The summed E-state index contributed by atoms with van der Waals surface area (Å²) in [4.78, 5) is 0. The molecular formula is C7H14O. The number of epoxide rings is 1. The van der Waals surface area contributed by atoms with Crippen molar-refractivity contribution in [3.8, 4) is 0 Å². The predicted octanol–water partition coefficient (Wildman–Crippen LogP) is 1.96. The molecule has 0 bridgehead atoms. The second kappa shape index (κ2) is 2.49. The van der Waals surface area contributed by atoms with E-state index in [9.17, 15) is 0 Å². The molecule has 1 rings (SSSR count). The van der Waals surface area contributed by atoms with E-state index >= 15 is 0 Å². The van der Waals surface area contributed by atoms with Crippen LogP contribution in [-0.4, -0.2) is 12.2 Å². The second-order valence-electron chi connectivity index (χ2n) is 2.52. The van der Waals surface area contributed by atoms with Crippen molar-refractivity contribution in [2.24, 2.45) is 0 Å². The lowest BCUT2D eigenvalue weighted by molar-refractivity contribution is 0.366. The Morgan fingerprint density at radius 2 is 2.12 bits per heavy atom. The first kappa shape index (κ1) is 6.09. The van der Waals surface area contributed by atoms with E-state index in [2.05, 4.69) is 13.8 Å². The zero-order valence-corrected chi connectivity index (χ0v) is 5.68. The molecule has 1 heteroatoms. The van der Waals surface area contributed by atoms with E-state index in [1.807, 2.05) is 0 Å². The minimum atomic E-state index is 0.571. The number of hydrogen-bond donors (Lipinski definition) is 0. The van der Waals surface area contributed by atoms with Crippen LogP contribution in [0.5, 0.6) is 0 Å². The number of ether oxygens (including phenoxy) is 1. The third kappa shape index (κ3) is 1.48. The van der Waals surface area contributed by atoms with Crippen LogP contribution in [-0.2, 0) is 4.74 Å². The smallest absolute Gasteiger partial charge is 0.0839 e. The van der Waals surface area contributed by atoms with Gasteiger partial charge < -0.3 is 4.74 Å². The van der Waals surface area contributed by atoms with Crippen LogP contribution in [0.15, 0.2) is 0 Å². The molecule has 0 aromatic heterocycles. The molecule has 0 N–H and O–H groups in total. The highest BCUT2D eigenvalue weighted by Crippen LogP contribution is 2.25. The largest absolute Gasteiger partial charge is 0.370 e. The van der Waals surface area contributed by atoms with Gasteiger partial charge in [-0.2, -0.15) is 0 Å². The predicted molar refractivity (Wildman–Crippen MR) is 33.9 cm³/mol. The Kier molecular flexibility index (Phi) is 1.90. The molecule has 0 radical (unpaired) electrons. The fraction of sp³-hybridized carbons (Fsp3) is 1.00. The summed E-state index contributed by atoms with van der Waals surface area (Å²) in [6.45, 7) is 4.35. The van der Waals surface area contributed by atoms with Crippen molar-refractivity contribution in [3.05, 3.63) is 0 Å². The molecule has 1 saturated heterocycles. The van der Waals surface area contributed by atoms with E-state index in [0.717, 1.165) is 0 Å². The molecule has 0 unspecified atom stereocenters. The van der Waals surface area contributed by atoms with Crippen LogP contribution in [0.3, 0.4) is 0 Å². The molecular weight excluding hydrogens is 102 g/mol. The molecule has 1 nitrogen and oxygen atoms in total. The van der Waals surface area contributed by atoms with E-state index in [0.29, 0.717) is 12.2 Å². The van der Waals surface area contributed by atoms with Crippen molar-refractivity contribution in [2.45, 2.75) is 45.3 Å². The van der Waals surface area contributed by atoms with Crippen molar-refractivity contribution >= 4 is 0 Å². The first-order valence-electron chi connectivity index (χ1n) is 3.50. The summed E-state index contributed by atoms with van der Waals surface area (Å²) in [5.41, 5.74) is 0. The van der Waals surface area contributed by atoms with Crippen LogP contribution in [0.25, 0.3) is 0 Å². The Balaban J connectivity index is 1.89. The number of hydrogen-bond acceptors (Lipinski definition) is 1. The summed E-state index contributed by atoms with van der Waals surface area (Å²) < 4.78 is 5.22. The van der Waals surface area contributed by atoms with E-state index in [1.54, 1.807) is 0 Å². The summed E-state index contributed by atoms with van der Waals surface area (Å²) in [5.74, 6) is 0. The summed E-state index contributed by atoms with van der Waals surface area (Å²) >= 11 is 0. The molecule has 0 aromatic rings. The van der Waals surface area contributed by atoms with Crippen molar-refractivity contribution in [3.63, 3.8) is 0 Å². The third-order valence-corrected chi connectivity index (χ3v) is 1.68. The Hall–Kier alpha value is -0.0400. The van der Waals surface area contributed by atoms with Gasteiger partial charge in [-0.1, -0.05) is 19.8 Å². The zero-order chi connectivity index (χ0) is 5.98. The lowest BCUT2D eigenvalue weighted by Crippen LogP contribution is -1.87. The van der Waals surface area contributed by atoms with Gasteiger partial charge >= 0.3 is 0 Å². The summed E-state index contributed by atoms with van der Waals surface area (Å²) in [7, 11) is 0. The monoisotopic (exact) mass is 116 g/mol. The number of rotatable bonds is 3. The van der Waals surface area contributed by atoms with Crippen molar-refractivity contribution < 1.29 is 4.74 Å². The van der Waals surface area contributed by atoms with Gasteiger partial charge in [0.2, 0.25) is 0 Å². The summed E-state index contributed by atoms with van der Waals surface area (Å²) in [6, 6.07) is 0. The molecule has 1 heterocycles. The second-order valence-corrected chi connectivity index (χ2v) is 2.52. The van der Waals surface area contributed by atoms with Gasteiger partial charge in [0.1, 0.15) is 0 Å². The first-order valence-corrected chi connectivity index (χ1v) is 3.50. The standard InChI is InChI=1S/C7H14O/c1-3-4-5-7-6(2)8-7/h6-7H,3-5H2,1-2H3/t6-,7+/m1/s1/i8+2. The van der Waals surface area contributed by atoms with Crippen LogP contribution in [0.1, 0.15) is 33.1 Å². The quantitative estimate of drug-likeness (QED) is 0.405. The highest BCUT2D eigenvalue weighted by Gasteiger charge is 2.32. The zero-order valence-electron chi connectivity index (χ0n) is 5.68. The van der Waals surface area contributed by atoms with Gasteiger partial charge in [-0.25, -0.2) is 0 Å². The molecule has 0 amide bonds. The van der Waals surface area contributed by atoms with Crippen LogP contribution in [0, 0.1) is 0 Å². The average molecular weight is 116 g/mol. The lowest BCUT2D eigenvalue weighted by Gasteiger charge is -1.87. The molecule has 0 aromatic carbocycles. The highest BCUT2D eigenvalue weighted by molar-refractivity contribution is 4.79. The van der Waals surface area contributed by atoms with Gasteiger partial charge in [-0.3, -0.25) is 0 Å². The first-order chi connectivity index (χ1) is 3.84. The summed E-state index contributed by atoms with van der Waals surface area (Å²) in [6.07, 6.45) is 5.09. The number of unbranched alkanes of at least 4 members (excludes halogenated alkanes) is 1. The van der Waals surface area contributed by atoms with Crippen molar-refractivity contribution in [1.82, 2.24) is 0 Å². The van der Waals surface area contributed by atoms with E-state index in [1.165, 1.54) is 19.3 Å². The molecule has 0 saturated carbocycles. The third-order valence-electron chi connectivity index (χ3n) is 1.68. The minimum Gasteiger partial charge on any atom is -0.370 e. The van der Waals surface area contributed by atoms with Crippen LogP contribution < -0.4 is 0 Å². The van der Waals surface area contributed by atoms with Crippen LogP contribution >= 0.6 is 0 Å². The molecule has 48 valence electrons. The molecule has 1 aliphatic rings. The molecule has 0 aliphatic carbocycles.